The monoisotopic (exact) mass is 366 g/mol. The number of fused-ring (bicyclic) bond motifs is 1. The molecule has 0 aliphatic heterocycles. The minimum atomic E-state index is -0.295. The maximum Gasteiger partial charge on any atom is 0.272 e. The topological polar surface area (TPSA) is 96.1 Å². The molecule has 0 saturated heterocycles. The van der Waals surface area contributed by atoms with E-state index in [4.69, 9.17) is 4.74 Å². The second-order valence-corrected chi connectivity index (χ2v) is 5.99. The number of carbonyl (C=O) groups is 2. The zero-order valence-corrected chi connectivity index (χ0v) is 14.9. The van der Waals surface area contributed by atoms with Crippen LogP contribution in [0.2, 0.25) is 0 Å². The quantitative estimate of drug-likeness (QED) is 0.506. The van der Waals surface area contributed by atoms with Gasteiger partial charge in [-0.15, -0.1) is 0 Å². The molecule has 0 atom stereocenters. The van der Waals surface area contributed by atoms with Crippen LogP contribution in [0.1, 0.15) is 23.3 Å². The standard InChI is InChI=1S/C20H22N4O3/c25-18(21-12-6-14-27-15-7-2-1-3-8-15)11-13-22-20(26)19-16-9-4-5-10-17(16)23-24-19/h1-5,7-10H,6,11-14H2,(H,21,25)(H,22,26)(H,23,24). The molecule has 3 rings (SSSR count). The highest BCUT2D eigenvalue weighted by molar-refractivity contribution is 6.04. The lowest BCUT2D eigenvalue weighted by Crippen LogP contribution is -2.31. The summed E-state index contributed by atoms with van der Waals surface area (Å²) in [6.07, 6.45) is 0.930. The lowest BCUT2D eigenvalue weighted by molar-refractivity contribution is -0.120. The van der Waals surface area contributed by atoms with Crippen LogP contribution >= 0.6 is 0 Å². The van der Waals surface area contributed by atoms with Crippen LogP contribution in [0.25, 0.3) is 10.9 Å². The molecule has 0 spiro atoms. The lowest BCUT2D eigenvalue weighted by Gasteiger charge is -2.08. The molecule has 0 aliphatic carbocycles. The summed E-state index contributed by atoms with van der Waals surface area (Å²) in [6.45, 7) is 1.32. The first-order valence-corrected chi connectivity index (χ1v) is 8.90. The van der Waals surface area contributed by atoms with Gasteiger partial charge in [0.15, 0.2) is 5.69 Å². The average molecular weight is 366 g/mol. The summed E-state index contributed by atoms with van der Waals surface area (Å²) < 4.78 is 5.56. The van der Waals surface area contributed by atoms with Gasteiger partial charge >= 0.3 is 0 Å². The average Bonchev–Trinajstić information content (AvgIpc) is 3.13. The van der Waals surface area contributed by atoms with Gasteiger partial charge in [0.2, 0.25) is 5.91 Å². The molecular weight excluding hydrogens is 344 g/mol. The highest BCUT2D eigenvalue weighted by Crippen LogP contribution is 2.14. The van der Waals surface area contributed by atoms with E-state index in [0.717, 1.165) is 16.7 Å². The van der Waals surface area contributed by atoms with Gasteiger partial charge in [0.25, 0.3) is 5.91 Å². The maximum absolute atomic E-state index is 12.2. The van der Waals surface area contributed by atoms with Gasteiger partial charge in [0.1, 0.15) is 5.75 Å². The number of amides is 2. The molecule has 2 aromatic carbocycles. The molecule has 0 radical (unpaired) electrons. The first-order chi connectivity index (χ1) is 13.2. The molecule has 2 amide bonds. The van der Waals surface area contributed by atoms with E-state index in [-0.39, 0.29) is 24.8 Å². The molecule has 0 fully saturated rings. The summed E-state index contributed by atoms with van der Waals surface area (Å²) in [4.78, 5) is 24.0. The zero-order valence-electron chi connectivity index (χ0n) is 14.9. The van der Waals surface area contributed by atoms with Crippen LogP contribution in [0.5, 0.6) is 5.75 Å². The van der Waals surface area contributed by atoms with E-state index in [1.165, 1.54) is 0 Å². The fraction of sp³-hybridized carbons (Fsp3) is 0.250. The van der Waals surface area contributed by atoms with Gasteiger partial charge in [-0.05, 0) is 24.6 Å². The van der Waals surface area contributed by atoms with Crippen LogP contribution in [-0.2, 0) is 4.79 Å². The van der Waals surface area contributed by atoms with Gasteiger partial charge in [0.05, 0.1) is 12.1 Å². The van der Waals surface area contributed by atoms with E-state index in [1.807, 2.05) is 54.6 Å². The molecule has 3 aromatic rings. The molecule has 1 heterocycles. The van der Waals surface area contributed by atoms with Crippen LogP contribution in [0.15, 0.2) is 54.6 Å². The number of nitrogens with one attached hydrogen (secondary N) is 3. The van der Waals surface area contributed by atoms with E-state index in [2.05, 4.69) is 20.8 Å². The number of carbonyl (C=O) groups excluding carboxylic acids is 2. The number of H-pyrrole nitrogens is 1. The lowest BCUT2D eigenvalue weighted by atomic mass is 10.2. The molecule has 27 heavy (non-hydrogen) atoms. The first-order valence-electron chi connectivity index (χ1n) is 8.90. The second-order valence-electron chi connectivity index (χ2n) is 5.99. The van der Waals surface area contributed by atoms with Crippen molar-refractivity contribution in [3.63, 3.8) is 0 Å². The van der Waals surface area contributed by atoms with E-state index in [9.17, 15) is 9.59 Å². The maximum atomic E-state index is 12.2. The van der Waals surface area contributed by atoms with E-state index < -0.39 is 0 Å². The third-order valence-corrected chi connectivity index (χ3v) is 3.98. The fourth-order valence-corrected chi connectivity index (χ4v) is 2.60. The van der Waals surface area contributed by atoms with Crippen LogP contribution in [0.3, 0.4) is 0 Å². The minimum Gasteiger partial charge on any atom is -0.494 e. The van der Waals surface area contributed by atoms with Crippen molar-refractivity contribution in [2.45, 2.75) is 12.8 Å². The van der Waals surface area contributed by atoms with Gasteiger partial charge in [-0.3, -0.25) is 14.7 Å². The summed E-state index contributed by atoms with van der Waals surface area (Å²) in [6, 6.07) is 17.0. The number of hydrogen-bond donors (Lipinski definition) is 3. The van der Waals surface area contributed by atoms with Crippen molar-refractivity contribution in [1.29, 1.82) is 0 Å². The van der Waals surface area contributed by atoms with Crippen molar-refractivity contribution < 1.29 is 14.3 Å². The second kappa shape index (κ2) is 9.38. The van der Waals surface area contributed by atoms with E-state index in [1.54, 1.807) is 0 Å². The molecule has 0 bridgehead atoms. The zero-order chi connectivity index (χ0) is 18.9. The number of rotatable bonds is 9. The third kappa shape index (κ3) is 5.31. The van der Waals surface area contributed by atoms with Gasteiger partial charge < -0.3 is 15.4 Å². The first kappa shape index (κ1) is 18.4. The molecule has 0 saturated carbocycles. The third-order valence-electron chi connectivity index (χ3n) is 3.98. The highest BCUT2D eigenvalue weighted by Gasteiger charge is 2.13. The van der Waals surface area contributed by atoms with Crippen LogP contribution < -0.4 is 15.4 Å². The molecule has 7 heteroatoms. The van der Waals surface area contributed by atoms with Crippen LogP contribution in [0.4, 0.5) is 0 Å². The Labute approximate surface area is 157 Å². The number of hydrogen-bond acceptors (Lipinski definition) is 4. The fourth-order valence-electron chi connectivity index (χ4n) is 2.60. The summed E-state index contributed by atoms with van der Waals surface area (Å²) in [5.41, 5.74) is 1.14. The number of aromatic amines is 1. The van der Waals surface area contributed by atoms with Crippen LogP contribution in [0, 0.1) is 0 Å². The summed E-state index contributed by atoms with van der Waals surface area (Å²) in [5, 5.41) is 13.2. The predicted molar refractivity (Wildman–Crippen MR) is 103 cm³/mol. The number of ether oxygens (including phenoxy) is 1. The van der Waals surface area contributed by atoms with Gasteiger partial charge in [0, 0.05) is 24.9 Å². The van der Waals surface area contributed by atoms with Crippen molar-refractivity contribution in [2.75, 3.05) is 19.7 Å². The number of aromatic nitrogens is 2. The molecule has 3 N–H and O–H groups in total. The van der Waals surface area contributed by atoms with Crippen molar-refractivity contribution in [2.24, 2.45) is 0 Å². The van der Waals surface area contributed by atoms with Crippen molar-refractivity contribution >= 4 is 22.7 Å². The summed E-state index contributed by atoms with van der Waals surface area (Å²) >= 11 is 0. The molecule has 0 aliphatic rings. The normalized spacial score (nSPS) is 10.5. The molecular formula is C20H22N4O3. The van der Waals surface area contributed by atoms with Crippen molar-refractivity contribution in [1.82, 2.24) is 20.8 Å². The Balaban J connectivity index is 1.31. The Morgan fingerprint density at radius 3 is 2.59 bits per heavy atom. The molecule has 0 unspecified atom stereocenters. The van der Waals surface area contributed by atoms with Crippen LogP contribution in [-0.4, -0.2) is 41.7 Å². The van der Waals surface area contributed by atoms with Gasteiger partial charge in [-0.1, -0.05) is 36.4 Å². The number of nitrogens with zero attached hydrogens (tertiary/aromatic N) is 1. The van der Waals surface area contributed by atoms with Crippen molar-refractivity contribution in [3.05, 3.63) is 60.3 Å². The van der Waals surface area contributed by atoms with Gasteiger partial charge in [-0.2, -0.15) is 5.10 Å². The SMILES string of the molecule is O=C(CCNC(=O)c1n[nH]c2ccccc12)NCCCOc1ccccc1. The van der Waals surface area contributed by atoms with E-state index >= 15 is 0 Å². The Bertz CT molecular complexity index is 892. The predicted octanol–water partition coefficient (Wildman–Crippen LogP) is 2.27. The Morgan fingerprint density at radius 2 is 1.74 bits per heavy atom. The van der Waals surface area contributed by atoms with E-state index in [0.29, 0.717) is 25.3 Å². The number of para-hydroxylation sites is 2. The highest BCUT2D eigenvalue weighted by atomic mass is 16.5. The Morgan fingerprint density at radius 1 is 0.963 bits per heavy atom. The Kier molecular flexibility index (Phi) is 6.40. The molecule has 7 nitrogen and oxygen atoms in total. The van der Waals surface area contributed by atoms with Crippen molar-refractivity contribution in [3.8, 4) is 5.75 Å². The summed E-state index contributed by atoms with van der Waals surface area (Å²) in [5.74, 6) is 0.413. The summed E-state index contributed by atoms with van der Waals surface area (Å²) in [7, 11) is 0. The Hall–Kier alpha value is -3.35. The number of benzene rings is 2. The molecule has 140 valence electrons. The smallest absolute Gasteiger partial charge is 0.272 e. The molecule has 1 aromatic heterocycles. The van der Waals surface area contributed by atoms with Gasteiger partial charge in [-0.25, -0.2) is 0 Å². The minimum absolute atomic E-state index is 0.109. The largest absolute Gasteiger partial charge is 0.494 e.